The topological polar surface area (TPSA) is 43.2 Å². The van der Waals surface area contributed by atoms with Crippen molar-refractivity contribution in [2.24, 2.45) is 0 Å². The molecule has 0 bridgehead atoms. The van der Waals surface area contributed by atoms with Gasteiger partial charge < -0.3 is 18.7 Å². The van der Waals surface area contributed by atoms with Crippen LogP contribution in [0.25, 0.3) is 82.7 Å². The number of anilines is 2. The minimum absolute atomic E-state index is 0.0188. The molecule has 3 aromatic heterocycles. The summed E-state index contributed by atoms with van der Waals surface area (Å²) in [5.41, 5.74) is 24.4. The lowest BCUT2D eigenvalue weighted by Gasteiger charge is -2.42. The fourth-order valence-electron chi connectivity index (χ4n) is 12.6. The van der Waals surface area contributed by atoms with Gasteiger partial charge in [-0.3, -0.25) is 0 Å². The van der Waals surface area contributed by atoms with Gasteiger partial charge in [0.05, 0.1) is 16.9 Å². The van der Waals surface area contributed by atoms with Crippen LogP contribution in [0.3, 0.4) is 0 Å². The maximum atomic E-state index is 7.03. The summed E-state index contributed by atoms with van der Waals surface area (Å²) in [6, 6.07) is 44.0. The molecule has 0 saturated heterocycles. The van der Waals surface area contributed by atoms with Gasteiger partial charge in [-0.2, -0.15) is 0 Å². The number of aromatic nitrogens is 1. The number of furan rings is 2. The molecular weight excluding hydrogens is 828 g/mol. The lowest BCUT2D eigenvalue weighted by atomic mass is 9.62. The average molecular weight is 889 g/mol. The minimum atomic E-state index is -0.191. The van der Waals surface area contributed by atoms with Crippen LogP contribution in [-0.2, 0) is 27.1 Å². The molecule has 338 valence electrons. The maximum Gasteiger partial charge on any atom is 0.244 e. The first kappa shape index (κ1) is 41.7. The monoisotopic (exact) mass is 888 g/mol. The van der Waals surface area contributed by atoms with Crippen molar-refractivity contribution in [2.45, 2.75) is 123 Å². The second kappa shape index (κ2) is 13.4. The maximum absolute atomic E-state index is 7.03. The third kappa shape index (κ3) is 5.80. The van der Waals surface area contributed by atoms with E-state index in [4.69, 9.17) is 8.83 Å². The molecule has 4 heterocycles. The Morgan fingerprint density at radius 2 is 1.18 bits per heavy atom. The zero-order valence-electron chi connectivity index (χ0n) is 41.9. The Kier molecular flexibility index (Phi) is 8.22. The van der Waals surface area contributed by atoms with E-state index in [9.17, 15) is 0 Å². The van der Waals surface area contributed by atoms with Crippen LogP contribution in [0.4, 0.5) is 11.4 Å². The number of fused-ring (bicyclic) bond motifs is 14. The van der Waals surface area contributed by atoms with Crippen molar-refractivity contribution >= 4 is 84.5 Å². The summed E-state index contributed by atoms with van der Waals surface area (Å²) in [6.45, 7) is 28.4. The van der Waals surface area contributed by atoms with Crippen molar-refractivity contribution in [2.75, 3.05) is 5.32 Å². The molecule has 0 amide bonds. The zero-order chi connectivity index (χ0) is 47.2. The SMILES string of the molecule is CC(C)(C)c1ccc(Nc2cc3c(cc2-c2ccc4c5cc6c(cc5n5c4c2Bc2oc4ccc(C(C)(C)C)cc4c2-5)oc2ccccc26)-c2cc4c(cc2C3(C)C)C(C)(C)CCC4(C)C)cc1. The quantitative estimate of drug-likeness (QED) is 0.180. The molecule has 1 N–H and O–H groups in total. The molecule has 4 nitrogen and oxygen atoms in total. The Bertz CT molecular complexity index is 3830. The van der Waals surface area contributed by atoms with Crippen molar-refractivity contribution in [1.29, 1.82) is 0 Å². The molecule has 0 saturated carbocycles. The third-order valence-electron chi connectivity index (χ3n) is 16.8. The van der Waals surface area contributed by atoms with Gasteiger partial charge in [0.2, 0.25) is 7.28 Å². The zero-order valence-corrected chi connectivity index (χ0v) is 41.9. The van der Waals surface area contributed by atoms with Gasteiger partial charge in [-0.25, -0.2) is 0 Å². The molecule has 0 radical (unpaired) electrons. The largest absolute Gasteiger partial charge is 0.469 e. The van der Waals surface area contributed by atoms with Crippen LogP contribution in [0.1, 0.15) is 129 Å². The van der Waals surface area contributed by atoms with Crippen molar-refractivity contribution in [3.05, 3.63) is 149 Å². The van der Waals surface area contributed by atoms with E-state index >= 15 is 0 Å². The summed E-state index contributed by atoms with van der Waals surface area (Å²) >= 11 is 0. The van der Waals surface area contributed by atoms with Gasteiger partial charge in [0.15, 0.2) is 0 Å². The lowest BCUT2D eigenvalue weighted by molar-refractivity contribution is 0.331. The number of para-hydroxylation sites is 1. The number of nitrogens with one attached hydrogen (secondary N) is 1. The number of benzene rings is 7. The van der Waals surface area contributed by atoms with Crippen LogP contribution in [0.5, 0.6) is 0 Å². The van der Waals surface area contributed by atoms with Gasteiger partial charge in [-0.15, -0.1) is 0 Å². The van der Waals surface area contributed by atoms with Crippen molar-refractivity contribution in [3.8, 4) is 27.9 Å². The summed E-state index contributed by atoms with van der Waals surface area (Å²) in [5.74, 6) is 0. The second-order valence-corrected chi connectivity index (χ2v) is 24.5. The van der Waals surface area contributed by atoms with Crippen molar-refractivity contribution < 1.29 is 8.83 Å². The highest BCUT2D eigenvalue weighted by Crippen LogP contribution is 2.56. The Labute approximate surface area is 401 Å². The highest BCUT2D eigenvalue weighted by atomic mass is 16.3. The predicted octanol–water partition coefficient (Wildman–Crippen LogP) is 15.8. The number of nitrogens with zero attached hydrogens (tertiary/aromatic N) is 1. The Morgan fingerprint density at radius 3 is 1.91 bits per heavy atom. The summed E-state index contributed by atoms with van der Waals surface area (Å²) in [5, 5.41) is 9.94. The van der Waals surface area contributed by atoms with Crippen LogP contribution in [0, 0.1) is 0 Å². The van der Waals surface area contributed by atoms with Gasteiger partial charge in [-0.05, 0) is 145 Å². The van der Waals surface area contributed by atoms with E-state index in [0.717, 1.165) is 61.1 Å². The number of rotatable bonds is 3. The molecule has 1 aliphatic heterocycles. The van der Waals surface area contributed by atoms with Crippen molar-refractivity contribution in [1.82, 2.24) is 4.57 Å². The summed E-state index contributed by atoms with van der Waals surface area (Å²) in [4.78, 5) is 0. The molecule has 0 fully saturated rings. The van der Waals surface area contributed by atoms with E-state index in [2.05, 4.69) is 208 Å². The predicted molar refractivity (Wildman–Crippen MR) is 290 cm³/mol. The van der Waals surface area contributed by atoms with Crippen LogP contribution in [0.2, 0.25) is 0 Å². The molecule has 0 atom stereocenters. The van der Waals surface area contributed by atoms with Gasteiger partial charge >= 0.3 is 0 Å². The molecule has 7 aromatic carbocycles. The van der Waals surface area contributed by atoms with E-state index < -0.39 is 0 Å². The summed E-state index contributed by atoms with van der Waals surface area (Å²) in [6.07, 6.45) is 2.38. The first-order valence-corrected chi connectivity index (χ1v) is 24.9. The van der Waals surface area contributed by atoms with Crippen LogP contribution >= 0.6 is 0 Å². The molecule has 0 unspecified atom stereocenters. The first-order chi connectivity index (χ1) is 32.2. The molecule has 2 aliphatic carbocycles. The van der Waals surface area contributed by atoms with E-state index in [0.29, 0.717) is 7.28 Å². The lowest BCUT2D eigenvalue weighted by Crippen LogP contribution is -2.36. The average Bonchev–Trinajstić information content (AvgIpc) is 4.00. The molecular formula is C63H61BN2O2. The number of hydrogen-bond acceptors (Lipinski definition) is 3. The minimum Gasteiger partial charge on any atom is -0.469 e. The molecule has 0 spiro atoms. The highest BCUT2D eigenvalue weighted by molar-refractivity contribution is 6.73. The van der Waals surface area contributed by atoms with E-state index in [1.807, 2.05) is 0 Å². The van der Waals surface area contributed by atoms with E-state index in [1.54, 1.807) is 0 Å². The van der Waals surface area contributed by atoms with Crippen LogP contribution in [-0.4, -0.2) is 11.8 Å². The number of hydrogen-bond donors (Lipinski definition) is 1. The van der Waals surface area contributed by atoms with Gasteiger partial charge in [0.25, 0.3) is 0 Å². The summed E-state index contributed by atoms with van der Waals surface area (Å²) in [7, 11) is 0.673. The van der Waals surface area contributed by atoms with Gasteiger partial charge in [0, 0.05) is 60.9 Å². The normalized spacial score (nSPS) is 16.6. The standard InChI is InChI=1S/C63H61BN2O2/c1-59(2,3)34-17-20-36(21-18-34)65-50-32-47-40(41-30-48-49(31-46(41)63(47,11)12)62(9,10)26-25-61(48,7)8)28-42(50)38-22-23-39-43-29-44-37-15-13-14-16-52(37)67-54(44)33-51(43)66-56(39)55(38)64-58-57(66)45-27-35(60(4,5)6)19-24-53(45)68-58/h13-24,27-33,64-65H,25-26H2,1-12H3. The Hall–Kier alpha value is -6.46. The Morgan fingerprint density at radius 1 is 0.515 bits per heavy atom. The fourth-order valence-corrected chi connectivity index (χ4v) is 12.6. The van der Waals surface area contributed by atoms with Gasteiger partial charge in [0.1, 0.15) is 16.7 Å². The molecule has 68 heavy (non-hydrogen) atoms. The second-order valence-electron chi connectivity index (χ2n) is 24.5. The van der Waals surface area contributed by atoms with Crippen LogP contribution in [0.15, 0.2) is 124 Å². The molecule has 3 aliphatic rings. The molecule has 13 rings (SSSR count). The highest BCUT2D eigenvalue weighted by Gasteiger charge is 2.43. The first-order valence-electron chi connectivity index (χ1n) is 24.9. The van der Waals surface area contributed by atoms with E-state index in [-0.39, 0.29) is 27.1 Å². The Balaban J connectivity index is 1.11. The smallest absolute Gasteiger partial charge is 0.244 e. The van der Waals surface area contributed by atoms with E-state index in [1.165, 1.54) is 90.2 Å². The third-order valence-corrected chi connectivity index (χ3v) is 16.8. The summed E-state index contributed by atoms with van der Waals surface area (Å²) < 4.78 is 16.2. The van der Waals surface area contributed by atoms with Crippen LogP contribution < -0.4 is 16.4 Å². The van der Waals surface area contributed by atoms with Crippen molar-refractivity contribution in [3.63, 3.8) is 0 Å². The molecule has 10 aromatic rings. The van der Waals surface area contributed by atoms with Gasteiger partial charge in [-0.1, -0.05) is 138 Å². The molecule has 5 heteroatoms. The fraction of sp³-hybridized carbons (Fsp3) is 0.302.